The lowest BCUT2D eigenvalue weighted by Gasteiger charge is -2.31. The van der Waals surface area contributed by atoms with Crippen molar-refractivity contribution in [3.63, 3.8) is 0 Å². The molecular weight excluding hydrogens is 278 g/mol. The summed E-state index contributed by atoms with van der Waals surface area (Å²) >= 11 is 5.91. The molecule has 0 spiro atoms. The van der Waals surface area contributed by atoms with Gasteiger partial charge in [-0.1, -0.05) is 17.7 Å². The van der Waals surface area contributed by atoms with Crippen LogP contribution in [0.3, 0.4) is 0 Å². The van der Waals surface area contributed by atoms with E-state index in [0.717, 1.165) is 31.6 Å². The molecule has 1 aliphatic heterocycles. The van der Waals surface area contributed by atoms with Crippen molar-refractivity contribution in [2.75, 3.05) is 31.5 Å². The van der Waals surface area contributed by atoms with Crippen LogP contribution in [0.5, 0.6) is 0 Å². The largest absolute Gasteiger partial charge is 0.465 e. The minimum absolute atomic E-state index is 0.251. The standard InChI is InChI=1S/C14H20ClN3O2/c15-11-3-1-4-12(9-11)16-6-7-17-13-5-2-8-18(10-13)14(19)20/h1,3-4,9,13,16-17H,2,5-8,10H2,(H,19,20). The minimum atomic E-state index is -0.825. The Labute approximate surface area is 123 Å². The van der Waals surface area contributed by atoms with Crippen LogP contribution in [0.1, 0.15) is 12.8 Å². The summed E-state index contributed by atoms with van der Waals surface area (Å²) in [7, 11) is 0. The highest BCUT2D eigenvalue weighted by Crippen LogP contribution is 2.14. The second-order valence-electron chi connectivity index (χ2n) is 4.96. The molecule has 6 heteroatoms. The second kappa shape index (κ2) is 7.36. The number of rotatable bonds is 5. The second-order valence-corrected chi connectivity index (χ2v) is 5.40. The molecule has 110 valence electrons. The topological polar surface area (TPSA) is 64.6 Å². The summed E-state index contributed by atoms with van der Waals surface area (Å²) in [5.41, 5.74) is 0.995. The van der Waals surface area contributed by atoms with Crippen molar-refractivity contribution in [1.82, 2.24) is 10.2 Å². The molecule has 0 radical (unpaired) electrons. The van der Waals surface area contributed by atoms with E-state index in [9.17, 15) is 4.79 Å². The first-order chi connectivity index (χ1) is 9.65. The van der Waals surface area contributed by atoms with E-state index in [-0.39, 0.29) is 6.04 Å². The monoisotopic (exact) mass is 297 g/mol. The highest BCUT2D eigenvalue weighted by Gasteiger charge is 2.22. The fourth-order valence-electron chi connectivity index (χ4n) is 2.40. The summed E-state index contributed by atoms with van der Waals surface area (Å²) in [6.45, 7) is 2.80. The Morgan fingerprint density at radius 1 is 1.45 bits per heavy atom. The summed E-state index contributed by atoms with van der Waals surface area (Å²) in [4.78, 5) is 12.4. The van der Waals surface area contributed by atoms with E-state index < -0.39 is 6.09 Å². The van der Waals surface area contributed by atoms with E-state index in [0.29, 0.717) is 18.1 Å². The van der Waals surface area contributed by atoms with Crippen molar-refractivity contribution in [2.24, 2.45) is 0 Å². The zero-order chi connectivity index (χ0) is 14.4. The first-order valence-electron chi connectivity index (χ1n) is 6.86. The predicted molar refractivity (Wildman–Crippen MR) is 80.6 cm³/mol. The third kappa shape index (κ3) is 4.58. The number of piperidine rings is 1. The predicted octanol–water partition coefficient (Wildman–Crippen LogP) is 2.48. The zero-order valence-electron chi connectivity index (χ0n) is 11.3. The van der Waals surface area contributed by atoms with E-state index in [1.54, 1.807) is 0 Å². The Kier molecular flexibility index (Phi) is 5.49. The van der Waals surface area contributed by atoms with Crippen molar-refractivity contribution >= 4 is 23.4 Å². The Morgan fingerprint density at radius 3 is 3.05 bits per heavy atom. The molecule has 1 atom stereocenters. The van der Waals surface area contributed by atoms with E-state index in [1.807, 2.05) is 24.3 Å². The van der Waals surface area contributed by atoms with Gasteiger partial charge in [0.1, 0.15) is 0 Å². The zero-order valence-corrected chi connectivity index (χ0v) is 12.1. The van der Waals surface area contributed by atoms with Gasteiger partial charge in [0, 0.05) is 42.9 Å². The van der Waals surface area contributed by atoms with Crippen LogP contribution in [-0.2, 0) is 0 Å². The highest BCUT2D eigenvalue weighted by molar-refractivity contribution is 6.30. The Bertz CT molecular complexity index is 456. The van der Waals surface area contributed by atoms with Crippen LogP contribution < -0.4 is 10.6 Å². The number of nitrogens with one attached hydrogen (secondary N) is 2. The number of nitrogens with zero attached hydrogens (tertiary/aromatic N) is 1. The van der Waals surface area contributed by atoms with Gasteiger partial charge >= 0.3 is 6.09 Å². The van der Waals surface area contributed by atoms with Crippen molar-refractivity contribution in [3.05, 3.63) is 29.3 Å². The maximum atomic E-state index is 10.9. The van der Waals surface area contributed by atoms with Gasteiger partial charge in [-0.3, -0.25) is 0 Å². The highest BCUT2D eigenvalue weighted by atomic mass is 35.5. The van der Waals surface area contributed by atoms with Gasteiger partial charge < -0.3 is 20.6 Å². The molecule has 1 aliphatic rings. The lowest BCUT2D eigenvalue weighted by atomic mass is 10.1. The van der Waals surface area contributed by atoms with E-state index in [4.69, 9.17) is 16.7 Å². The van der Waals surface area contributed by atoms with Gasteiger partial charge in [0.25, 0.3) is 0 Å². The first kappa shape index (κ1) is 14.9. The molecular formula is C14H20ClN3O2. The van der Waals surface area contributed by atoms with Gasteiger partial charge in [-0.05, 0) is 31.0 Å². The molecule has 2 rings (SSSR count). The van der Waals surface area contributed by atoms with E-state index >= 15 is 0 Å². The van der Waals surface area contributed by atoms with Crippen molar-refractivity contribution in [3.8, 4) is 0 Å². The molecule has 0 bridgehead atoms. The van der Waals surface area contributed by atoms with Gasteiger partial charge in [-0.25, -0.2) is 4.79 Å². The molecule has 0 aromatic heterocycles. The quantitative estimate of drug-likeness (QED) is 0.731. The van der Waals surface area contributed by atoms with Gasteiger partial charge in [-0.15, -0.1) is 0 Å². The van der Waals surface area contributed by atoms with Gasteiger partial charge in [0.05, 0.1) is 0 Å². The SMILES string of the molecule is O=C(O)N1CCCC(NCCNc2cccc(Cl)c2)C1. The number of carbonyl (C=O) groups is 1. The minimum Gasteiger partial charge on any atom is -0.465 e. The molecule has 3 N–H and O–H groups in total. The van der Waals surface area contributed by atoms with Gasteiger partial charge in [-0.2, -0.15) is 0 Å². The van der Waals surface area contributed by atoms with Crippen LogP contribution in [0.2, 0.25) is 5.02 Å². The van der Waals surface area contributed by atoms with Crippen LogP contribution in [0.4, 0.5) is 10.5 Å². The summed E-state index contributed by atoms with van der Waals surface area (Å²) in [6.07, 6.45) is 1.13. The molecule has 1 unspecified atom stereocenters. The number of benzene rings is 1. The van der Waals surface area contributed by atoms with Crippen LogP contribution in [-0.4, -0.2) is 48.3 Å². The van der Waals surface area contributed by atoms with Crippen LogP contribution in [0, 0.1) is 0 Å². The Balaban J connectivity index is 1.67. The van der Waals surface area contributed by atoms with Crippen molar-refractivity contribution in [2.45, 2.75) is 18.9 Å². The molecule has 0 aliphatic carbocycles. The van der Waals surface area contributed by atoms with E-state index in [1.165, 1.54) is 4.90 Å². The number of carboxylic acid groups (broad SMARTS) is 1. The molecule has 1 aromatic carbocycles. The maximum Gasteiger partial charge on any atom is 0.407 e. The number of anilines is 1. The molecule has 1 aromatic rings. The summed E-state index contributed by atoms with van der Waals surface area (Å²) in [6, 6.07) is 7.85. The fourth-order valence-corrected chi connectivity index (χ4v) is 2.59. The van der Waals surface area contributed by atoms with E-state index in [2.05, 4.69) is 10.6 Å². The molecule has 5 nitrogen and oxygen atoms in total. The molecule has 1 saturated heterocycles. The number of hydrogen-bond acceptors (Lipinski definition) is 3. The lowest BCUT2D eigenvalue weighted by molar-refractivity contribution is 0.126. The summed E-state index contributed by atoms with van der Waals surface area (Å²) in [5.74, 6) is 0. The Morgan fingerprint density at radius 2 is 2.30 bits per heavy atom. The number of hydrogen-bond donors (Lipinski definition) is 3. The van der Waals surface area contributed by atoms with Crippen LogP contribution in [0.25, 0.3) is 0 Å². The third-order valence-corrected chi connectivity index (χ3v) is 3.64. The smallest absolute Gasteiger partial charge is 0.407 e. The average Bonchev–Trinajstić information content (AvgIpc) is 2.44. The third-order valence-electron chi connectivity index (χ3n) is 3.40. The maximum absolute atomic E-state index is 10.9. The number of likely N-dealkylation sites (tertiary alicyclic amines) is 1. The average molecular weight is 298 g/mol. The molecule has 1 heterocycles. The molecule has 20 heavy (non-hydrogen) atoms. The van der Waals surface area contributed by atoms with Crippen molar-refractivity contribution < 1.29 is 9.90 Å². The molecule has 0 saturated carbocycles. The van der Waals surface area contributed by atoms with Crippen LogP contribution >= 0.6 is 11.6 Å². The molecule has 1 amide bonds. The van der Waals surface area contributed by atoms with Crippen molar-refractivity contribution in [1.29, 1.82) is 0 Å². The van der Waals surface area contributed by atoms with Gasteiger partial charge in [0.2, 0.25) is 0 Å². The summed E-state index contributed by atoms with van der Waals surface area (Å²) < 4.78 is 0. The molecule has 1 fully saturated rings. The normalized spacial score (nSPS) is 18.9. The number of amides is 1. The first-order valence-corrected chi connectivity index (χ1v) is 7.23. The number of halogens is 1. The van der Waals surface area contributed by atoms with Gasteiger partial charge in [0.15, 0.2) is 0 Å². The lowest BCUT2D eigenvalue weighted by Crippen LogP contribution is -2.48. The fraction of sp³-hybridized carbons (Fsp3) is 0.500. The van der Waals surface area contributed by atoms with Crippen LogP contribution in [0.15, 0.2) is 24.3 Å². The summed E-state index contributed by atoms with van der Waals surface area (Å²) in [5, 5.41) is 16.4. The Hall–Kier alpha value is -1.46.